The minimum atomic E-state index is -4.71. The fourth-order valence-electron chi connectivity index (χ4n) is 2.18. The van der Waals surface area contributed by atoms with Crippen LogP contribution in [-0.2, 0) is 17.5 Å². The number of halogens is 3. The lowest BCUT2D eigenvalue weighted by atomic mass is 10.2. The van der Waals surface area contributed by atoms with Gasteiger partial charge in [0.1, 0.15) is 12.4 Å². The molecule has 1 aromatic carbocycles. The standard InChI is InChI=1S/C17H13F3N4O4/c1-26-13-6-7-21-8-11(13)9-27-16(25)22-12-4-2-10(3-5-12)14-23-15(28-24-14)17(18,19)20/h2-8H,9H2,1H3,(H,22,25). The second-order valence-corrected chi connectivity index (χ2v) is 5.39. The molecule has 0 unspecified atom stereocenters. The Morgan fingerprint density at radius 3 is 2.61 bits per heavy atom. The van der Waals surface area contributed by atoms with Crippen molar-refractivity contribution in [3.8, 4) is 17.1 Å². The van der Waals surface area contributed by atoms with Crippen LogP contribution in [0.15, 0.2) is 47.2 Å². The first-order valence-corrected chi connectivity index (χ1v) is 7.79. The summed E-state index contributed by atoms with van der Waals surface area (Å²) in [5.41, 5.74) is 1.25. The zero-order chi connectivity index (χ0) is 20.1. The summed E-state index contributed by atoms with van der Waals surface area (Å²) in [4.78, 5) is 19.1. The molecule has 0 aliphatic carbocycles. The molecule has 0 saturated heterocycles. The molecule has 3 rings (SSSR count). The van der Waals surface area contributed by atoms with Gasteiger partial charge in [0.15, 0.2) is 0 Å². The summed E-state index contributed by atoms with van der Waals surface area (Å²) in [6.07, 6.45) is -2.38. The van der Waals surface area contributed by atoms with Gasteiger partial charge in [-0.2, -0.15) is 18.2 Å². The Kier molecular flexibility index (Phi) is 5.43. The quantitative estimate of drug-likeness (QED) is 0.700. The highest BCUT2D eigenvalue weighted by Gasteiger charge is 2.38. The maximum atomic E-state index is 12.5. The van der Waals surface area contributed by atoms with E-state index in [4.69, 9.17) is 9.47 Å². The van der Waals surface area contributed by atoms with Crippen LogP contribution in [0.5, 0.6) is 5.75 Å². The lowest BCUT2D eigenvalue weighted by Gasteiger charge is -2.09. The molecular weight excluding hydrogens is 381 g/mol. The maximum Gasteiger partial charge on any atom is 0.471 e. The summed E-state index contributed by atoms with van der Waals surface area (Å²) in [6, 6.07) is 7.43. The smallest absolute Gasteiger partial charge is 0.471 e. The third kappa shape index (κ3) is 4.55. The van der Waals surface area contributed by atoms with E-state index in [1.165, 1.54) is 37.6 Å². The molecule has 8 nitrogen and oxygen atoms in total. The molecular formula is C17H13F3N4O4. The second kappa shape index (κ2) is 7.94. The van der Waals surface area contributed by atoms with Crippen molar-refractivity contribution in [2.24, 2.45) is 0 Å². The zero-order valence-electron chi connectivity index (χ0n) is 14.4. The molecule has 3 aromatic rings. The highest BCUT2D eigenvalue weighted by atomic mass is 19.4. The number of hydrogen-bond donors (Lipinski definition) is 1. The Labute approximate surface area is 156 Å². The predicted octanol–water partition coefficient (Wildman–Crippen LogP) is 3.91. The van der Waals surface area contributed by atoms with Crippen molar-refractivity contribution in [1.29, 1.82) is 0 Å². The molecule has 0 aliphatic rings. The molecule has 0 spiro atoms. The number of alkyl halides is 3. The number of anilines is 1. The highest BCUT2D eigenvalue weighted by molar-refractivity contribution is 5.85. The lowest BCUT2D eigenvalue weighted by molar-refractivity contribution is -0.159. The van der Waals surface area contributed by atoms with Crippen molar-refractivity contribution in [1.82, 2.24) is 15.1 Å². The van der Waals surface area contributed by atoms with E-state index >= 15 is 0 Å². The molecule has 2 aromatic heterocycles. The van der Waals surface area contributed by atoms with Gasteiger partial charge in [-0.25, -0.2) is 4.79 Å². The second-order valence-electron chi connectivity index (χ2n) is 5.39. The minimum absolute atomic E-state index is 0.0516. The molecule has 11 heteroatoms. The number of nitrogens with zero attached hydrogens (tertiary/aromatic N) is 3. The summed E-state index contributed by atoms with van der Waals surface area (Å²) in [6.45, 7) is -0.0516. The van der Waals surface area contributed by atoms with E-state index in [-0.39, 0.29) is 12.4 Å². The van der Waals surface area contributed by atoms with E-state index in [1.807, 2.05) is 0 Å². The van der Waals surface area contributed by atoms with Gasteiger partial charge in [-0.05, 0) is 30.3 Å². The first-order chi connectivity index (χ1) is 13.4. The molecule has 28 heavy (non-hydrogen) atoms. The van der Waals surface area contributed by atoms with Gasteiger partial charge in [-0.15, -0.1) is 0 Å². The van der Waals surface area contributed by atoms with Gasteiger partial charge in [0.2, 0.25) is 5.82 Å². The van der Waals surface area contributed by atoms with Crippen molar-refractivity contribution >= 4 is 11.8 Å². The van der Waals surface area contributed by atoms with Crippen LogP contribution >= 0.6 is 0 Å². The summed E-state index contributed by atoms with van der Waals surface area (Å²) in [5.74, 6) is -1.12. The topological polar surface area (TPSA) is 99.4 Å². The number of rotatable bonds is 5. The maximum absolute atomic E-state index is 12.5. The van der Waals surface area contributed by atoms with Crippen molar-refractivity contribution in [2.75, 3.05) is 12.4 Å². The minimum Gasteiger partial charge on any atom is -0.496 e. The predicted molar refractivity (Wildman–Crippen MR) is 89.3 cm³/mol. The fraction of sp³-hybridized carbons (Fsp3) is 0.176. The number of pyridine rings is 1. The molecule has 2 heterocycles. The first kappa shape index (κ1) is 19.1. The molecule has 146 valence electrons. The summed E-state index contributed by atoms with van der Waals surface area (Å²) >= 11 is 0. The van der Waals surface area contributed by atoms with E-state index < -0.39 is 18.2 Å². The van der Waals surface area contributed by atoms with Gasteiger partial charge in [-0.3, -0.25) is 10.3 Å². The number of methoxy groups -OCH3 is 1. The third-order valence-electron chi connectivity index (χ3n) is 3.50. The van der Waals surface area contributed by atoms with Crippen LogP contribution in [0.3, 0.4) is 0 Å². The summed E-state index contributed by atoms with van der Waals surface area (Å²) in [5, 5.41) is 5.78. The Morgan fingerprint density at radius 1 is 1.21 bits per heavy atom. The van der Waals surface area contributed by atoms with Crippen molar-refractivity contribution in [2.45, 2.75) is 12.8 Å². The van der Waals surface area contributed by atoms with E-state index in [0.717, 1.165) is 0 Å². The van der Waals surface area contributed by atoms with Gasteiger partial charge >= 0.3 is 18.2 Å². The van der Waals surface area contributed by atoms with Crippen LogP contribution in [0.4, 0.5) is 23.7 Å². The van der Waals surface area contributed by atoms with Crippen molar-refractivity contribution < 1.29 is 32.0 Å². The monoisotopic (exact) mass is 394 g/mol. The van der Waals surface area contributed by atoms with Gasteiger partial charge in [0.05, 0.1) is 7.11 Å². The van der Waals surface area contributed by atoms with Crippen molar-refractivity contribution in [3.05, 3.63) is 54.2 Å². The van der Waals surface area contributed by atoms with E-state index in [2.05, 4.69) is 25.0 Å². The van der Waals surface area contributed by atoms with Crippen LogP contribution in [0.1, 0.15) is 11.5 Å². The van der Waals surface area contributed by atoms with Crippen LogP contribution in [0.2, 0.25) is 0 Å². The molecule has 0 aliphatic heterocycles. The number of carbonyl (C=O) groups excluding carboxylic acids is 1. The number of ether oxygens (including phenoxy) is 2. The number of carbonyl (C=O) groups is 1. The Hall–Kier alpha value is -3.63. The summed E-state index contributed by atoms with van der Waals surface area (Å²) in [7, 11) is 1.49. The SMILES string of the molecule is COc1ccncc1COC(=O)Nc1ccc(-c2noc(C(F)(F)F)n2)cc1. The van der Waals surface area contributed by atoms with Crippen LogP contribution in [-0.4, -0.2) is 28.3 Å². The Morgan fingerprint density at radius 2 is 1.96 bits per heavy atom. The van der Waals surface area contributed by atoms with Crippen LogP contribution < -0.4 is 10.1 Å². The van der Waals surface area contributed by atoms with E-state index in [1.54, 1.807) is 12.3 Å². The van der Waals surface area contributed by atoms with Crippen LogP contribution in [0, 0.1) is 0 Å². The van der Waals surface area contributed by atoms with Gasteiger partial charge in [0.25, 0.3) is 0 Å². The molecule has 0 bridgehead atoms. The number of nitrogens with one attached hydrogen (secondary N) is 1. The normalized spacial score (nSPS) is 11.1. The average molecular weight is 394 g/mol. The van der Waals surface area contributed by atoms with Gasteiger partial charge in [-0.1, -0.05) is 5.16 Å². The number of amides is 1. The molecule has 1 amide bonds. The number of aromatic nitrogens is 3. The first-order valence-electron chi connectivity index (χ1n) is 7.79. The zero-order valence-corrected chi connectivity index (χ0v) is 14.4. The van der Waals surface area contributed by atoms with Gasteiger partial charge in [0, 0.05) is 29.2 Å². The largest absolute Gasteiger partial charge is 0.496 e. The molecule has 0 saturated carbocycles. The number of benzene rings is 1. The Balaban J connectivity index is 1.59. The molecule has 0 fully saturated rings. The average Bonchev–Trinajstić information content (AvgIpc) is 3.18. The van der Waals surface area contributed by atoms with Gasteiger partial charge < -0.3 is 14.0 Å². The highest BCUT2D eigenvalue weighted by Crippen LogP contribution is 2.29. The van der Waals surface area contributed by atoms with Crippen LogP contribution in [0.25, 0.3) is 11.4 Å². The number of hydrogen-bond acceptors (Lipinski definition) is 7. The van der Waals surface area contributed by atoms with E-state index in [0.29, 0.717) is 22.6 Å². The summed E-state index contributed by atoms with van der Waals surface area (Å²) < 4.78 is 51.9. The molecule has 0 atom stereocenters. The van der Waals surface area contributed by atoms with Crippen molar-refractivity contribution in [3.63, 3.8) is 0 Å². The van der Waals surface area contributed by atoms with E-state index in [9.17, 15) is 18.0 Å². The molecule has 1 N–H and O–H groups in total. The third-order valence-corrected chi connectivity index (χ3v) is 3.50. The fourth-order valence-corrected chi connectivity index (χ4v) is 2.18. The lowest BCUT2D eigenvalue weighted by Crippen LogP contribution is -2.13. The molecule has 0 radical (unpaired) electrons. The Bertz CT molecular complexity index is 958.